The van der Waals surface area contributed by atoms with Gasteiger partial charge in [0.2, 0.25) is 5.91 Å². The fourth-order valence-corrected chi connectivity index (χ4v) is 5.10. The van der Waals surface area contributed by atoms with Gasteiger partial charge < -0.3 is 10.1 Å². The van der Waals surface area contributed by atoms with E-state index in [1.54, 1.807) is 6.20 Å². The SMILES string of the molecule is O=C1CS[C@@H](c2ccc3ncccc3c2)c2c(n(C3CCOCC3)[nH]c2=O)N1. The lowest BCUT2D eigenvalue weighted by molar-refractivity contribution is -0.113. The van der Waals surface area contributed by atoms with Crippen LogP contribution in [0.2, 0.25) is 0 Å². The molecular weight excluding hydrogens is 376 g/mol. The van der Waals surface area contributed by atoms with Gasteiger partial charge in [0, 0.05) is 24.8 Å². The van der Waals surface area contributed by atoms with Crippen LogP contribution < -0.4 is 10.9 Å². The number of aromatic amines is 1. The molecule has 2 aromatic heterocycles. The molecule has 28 heavy (non-hydrogen) atoms. The minimum atomic E-state index is -0.219. The number of hydrogen-bond acceptors (Lipinski definition) is 5. The van der Waals surface area contributed by atoms with E-state index in [1.807, 2.05) is 28.9 Å². The number of amides is 1. The second kappa shape index (κ2) is 7.10. The Labute approximate surface area is 165 Å². The smallest absolute Gasteiger partial charge is 0.270 e. The number of hydrogen-bond donors (Lipinski definition) is 2. The quantitative estimate of drug-likeness (QED) is 0.695. The van der Waals surface area contributed by atoms with E-state index >= 15 is 0 Å². The van der Waals surface area contributed by atoms with Crippen molar-refractivity contribution in [1.29, 1.82) is 0 Å². The zero-order chi connectivity index (χ0) is 19.1. The first-order valence-corrected chi connectivity index (χ1v) is 10.4. The lowest BCUT2D eigenvalue weighted by Gasteiger charge is -2.25. The first kappa shape index (κ1) is 17.5. The highest BCUT2D eigenvalue weighted by Crippen LogP contribution is 2.41. The maximum atomic E-state index is 12.9. The molecule has 144 valence electrons. The van der Waals surface area contributed by atoms with Crippen LogP contribution in [-0.4, -0.2) is 39.6 Å². The molecule has 1 amide bonds. The normalized spacial score (nSPS) is 20.6. The zero-order valence-electron chi connectivity index (χ0n) is 15.2. The highest BCUT2D eigenvalue weighted by Gasteiger charge is 2.32. The molecule has 0 aliphatic carbocycles. The van der Waals surface area contributed by atoms with E-state index in [2.05, 4.69) is 21.5 Å². The van der Waals surface area contributed by atoms with Crippen molar-refractivity contribution in [3.8, 4) is 0 Å². The zero-order valence-corrected chi connectivity index (χ0v) is 16.0. The highest BCUT2D eigenvalue weighted by atomic mass is 32.2. The van der Waals surface area contributed by atoms with Gasteiger partial charge in [-0.2, -0.15) is 0 Å². The van der Waals surface area contributed by atoms with Crippen molar-refractivity contribution in [2.45, 2.75) is 24.1 Å². The van der Waals surface area contributed by atoms with Gasteiger partial charge in [-0.3, -0.25) is 24.4 Å². The van der Waals surface area contributed by atoms with E-state index in [4.69, 9.17) is 4.74 Å². The molecule has 2 aliphatic rings. The summed E-state index contributed by atoms with van der Waals surface area (Å²) >= 11 is 1.48. The van der Waals surface area contributed by atoms with Crippen LogP contribution in [0.15, 0.2) is 41.3 Å². The van der Waals surface area contributed by atoms with E-state index in [1.165, 1.54) is 11.8 Å². The maximum Gasteiger partial charge on any atom is 0.270 e. The number of nitrogens with one attached hydrogen (secondary N) is 2. The molecule has 1 atom stereocenters. The molecule has 5 rings (SSSR count). The number of H-pyrrole nitrogens is 1. The van der Waals surface area contributed by atoms with Crippen LogP contribution in [0.1, 0.15) is 35.3 Å². The number of nitrogens with zero attached hydrogens (tertiary/aromatic N) is 2. The predicted molar refractivity (Wildman–Crippen MR) is 109 cm³/mol. The number of thioether (sulfide) groups is 1. The monoisotopic (exact) mass is 396 g/mol. The molecule has 0 unspecified atom stereocenters. The minimum absolute atomic E-state index is 0.0870. The summed E-state index contributed by atoms with van der Waals surface area (Å²) in [5, 5.41) is 6.74. The first-order valence-electron chi connectivity index (χ1n) is 9.39. The van der Waals surface area contributed by atoms with Crippen molar-refractivity contribution in [1.82, 2.24) is 14.8 Å². The van der Waals surface area contributed by atoms with Crippen molar-refractivity contribution < 1.29 is 9.53 Å². The molecule has 3 aromatic rings. The molecule has 0 saturated carbocycles. The molecule has 0 bridgehead atoms. The molecule has 8 heteroatoms. The van der Waals surface area contributed by atoms with Crippen molar-refractivity contribution in [2.75, 3.05) is 24.3 Å². The fourth-order valence-electron chi connectivity index (χ4n) is 3.98. The lowest BCUT2D eigenvalue weighted by Crippen LogP contribution is -2.24. The van der Waals surface area contributed by atoms with Crippen LogP contribution in [0, 0.1) is 0 Å². The second-order valence-corrected chi connectivity index (χ2v) is 8.20. The number of carbonyl (C=O) groups excluding carboxylic acids is 1. The van der Waals surface area contributed by atoms with Gasteiger partial charge in [-0.1, -0.05) is 12.1 Å². The molecular formula is C20H20N4O3S. The third-order valence-electron chi connectivity index (χ3n) is 5.35. The Morgan fingerprint density at radius 1 is 1.18 bits per heavy atom. The van der Waals surface area contributed by atoms with E-state index < -0.39 is 0 Å². The topological polar surface area (TPSA) is 89.0 Å². The standard InChI is InChI=1S/C20H20N4O3S/c25-16-11-28-18(13-3-4-15-12(10-13)2-1-7-21-15)17-19(22-16)24(23-20(17)26)14-5-8-27-9-6-14/h1-4,7,10,14,18H,5-6,8-9,11H2,(H,22,25)(H,23,26)/t18-/m0/s1. The van der Waals surface area contributed by atoms with Gasteiger partial charge in [-0.05, 0) is 36.6 Å². The third kappa shape index (κ3) is 3.02. The van der Waals surface area contributed by atoms with Crippen molar-refractivity contribution >= 4 is 34.4 Å². The second-order valence-electron chi connectivity index (χ2n) is 7.11. The largest absolute Gasteiger partial charge is 0.381 e. The van der Waals surface area contributed by atoms with Crippen LogP contribution >= 0.6 is 11.8 Å². The Balaban J connectivity index is 1.63. The number of ether oxygens (including phenoxy) is 1. The lowest BCUT2D eigenvalue weighted by atomic mass is 10.0. The minimum Gasteiger partial charge on any atom is -0.381 e. The van der Waals surface area contributed by atoms with Gasteiger partial charge in [0.25, 0.3) is 5.56 Å². The third-order valence-corrected chi connectivity index (χ3v) is 6.62. The summed E-state index contributed by atoms with van der Waals surface area (Å²) < 4.78 is 7.29. The Hall–Kier alpha value is -2.58. The molecule has 0 spiro atoms. The molecule has 2 aliphatic heterocycles. The summed E-state index contributed by atoms with van der Waals surface area (Å²) in [6, 6.07) is 10.1. The van der Waals surface area contributed by atoms with Crippen LogP contribution in [0.3, 0.4) is 0 Å². The summed E-state index contributed by atoms with van der Waals surface area (Å²) in [6.45, 7) is 1.31. The molecule has 1 aromatic carbocycles. The number of rotatable bonds is 2. The Morgan fingerprint density at radius 2 is 2.04 bits per heavy atom. The fraction of sp³-hybridized carbons (Fsp3) is 0.350. The maximum absolute atomic E-state index is 12.9. The summed E-state index contributed by atoms with van der Waals surface area (Å²) in [4.78, 5) is 29.7. The molecule has 1 fully saturated rings. The van der Waals surface area contributed by atoms with E-state index in [0.29, 0.717) is 30.3 Å². The molecule has 1 saturated heterocycles. The Bertz CT molecular complexity index is 1100. The molecule has 4 heterocycles. The molecule has 2 N–H and O–H groups in total. The average Bonchev–Trinajstić information content (AvgIpc) is 2.93. The summed E-state index contributed by atoms with van der Waals surface area (Å²) in [6.07, 6.45) is 3.39. The summed E-state index contributed by atoms with van der Waals surface area (Å²) in [5.74, 6) is 0.816. The first-order chi connectivity index (χ1) is 13.7. The van der Waals surface area contributed by atoms with Crippen LogP contribution in [0.5, 0.6) is 0 Å². The van der Waals surface area contributed by atoms with Crippen molar-refractivity contribution in [3.05, 3.63) is 58.0 Å². The van der Waals surface area contributed by atoms with Gasteiger partial charge in [0.1, 0.15) is 5.82 Å². The Kier molecular flexibility index (Phi) is 4.44. The predicted octanol–water partition coefficient (Wildman–Crippen LogP) is 2.85. The van der Waals surface area contributed by atoms with Gasteiger partial charge in [-0.25, -0.2) is 0 Å². The molecule has 0 radical (unpaired) electrons. The molecule has 7 nitrogen and oxygen atoms in total. The van der Waals surface area contributed by atoms with E-state index in [0.717, 1.165) is 29.3 Å². The number of benzene rings is 1. The number of aromatic nitrogens is 3. The van der Waals surface area contributed by atoms with Crippen LogP contribution in [0.4, 0.5) is 5.82 Å². The number of fused-ring (bicyclic) bond motifs is 2. The number of carbonyl (C=O) groups is 1. The van der Waals surface area contributed by atoms with Crippen LogP contribution in [0.25, 0.3) is 10.9 Å². The van der Waals surface area contributed by atoms with Crippen molar-refractivity contribution in [3.63, 3.8) is 0 Å². The van der Waals surface area contributed by atoms with Gasteiger partial charge in [0.15, 0.2) is 0 Å². The summed E-state index contributed by atoms with van der Waals surface area (Å²) in [7, 11) is 0. The van der Waals surface area contributed by atoms with Crippen molar-refractivity contribution in [2.24, 2.45) is 0 Å². The highest BCUT2D eigenvalue weighted by molar-refractivity contribution is 8.00. The Morgan fingerprint density at radius 3 is 2.89 bits per heavy atom. The van der Waals surface area contributed by atoms with Gasteiger partial charge in [-0.15, -0.1) is 11.8 Å². The average molecular weight is 396 g/mol. The van der Waals surface area contributed by atoms with Gasteiger partial charge >= 0.3 is 0 Å². The number of anilines is 1. The number of pyridine rings is 1. The summed E-state index contributed by atoms with van der Waals surface area (Å²) in [5.41, 5.74) is 2.38. The van der Waals surface area contributed by atoms with Gasteiger partial charge in [0.05, 0.1) is 28.1 Å². The van der Waals surface area contributed by atoms with Crippen LogP contribution in [-0.2, 0) is 9.53 Å². The van der Waals surface area contributed by atoms with E-state index in [-0.39, 0.29) is 22.8 Å². The van der Waals surface area contributed by atoms with E-state index in [9.17, 15) is 9.59 Å².